The molecule has 140 valence electrons. The van der Waals surface area contributed by atoms with Crippen LogP contribution in [-0.4, -0.2) is 18.0 Å². The first kappa shape index (κ1) is 19.4. The zero-order chi connectivity index (χ0) is 19.4. The van der Waals surface area contributed by atoms with E-state index in [-0.39, 0.29) is 5.91 Å². The van der Waals surface area contributed by atoms with Crippen molar-refractivity contribution in [2.45, 2.75) is 20.3 Å². The van der Waals surface area contributed by atoms with Crippen molar-refractivity contribution >= 4 is 34.0 Å². The van der Waals surface area contributed by atoms with Gasteiger partial charge in [-0.3, -0.25) is 10.1 Å². The highest BCUT2D eigenvalue weighted by atomic mass is 35.5. The fraction of sp³-hybridized carbons (Fsp3) is 0.238. The predicted octanol–water partition coefficient (Wildman–Crippen LogP) is 5.92. The van der Waals surface area contributed by atoms with Gasteiger partial charge in [-0.25, -0.2) is 4.98 Å². The van der Waals surface area contributed by atoms with Crippen molar-refractivity contribution in [3.05, 3.63) is 64.0 Å². The Kier molecular flexibility index (Phi) is 6.14. The minimum Gasteiger partial charge on any atom is -0.496 e. The summed E-state index contributed by atoms with van der Waals surface area (Å²) in [5.74, 6) is 0.789. The van der Waals surface area contributed by atoms with Crippen molar-refractivity contribution in [3.8, 4) is 17.0 Å². The van der Waals surface area contributed by atoms with Crippen molar-refractivity contribution in [2.75, 3.05) is 12.4 Å². The summed E-state index contributed by atoms with van der Waals surface area (Å²) in [7, 11) is 1.52. The van der Waals surface area contributed by atoms with Crippen LogP contribution in [0.2, 0.25) is 5.02 Å². The second kappa shape index (κ2) is 8.55. The Morgan fingerprint density at radius 3 is 2.63 bits per heavy atom. The van der Waals surface area contributed by atoms with Gasteiger partial charge in [0, 0.05) is 16.0 Å². The summed E-state index contributed by atoms with van der Waals surface area (Å²) in [6.45, 7) is 4.41. The van der Waals surface area contributed by atoms with Crippen LogP contribution in [0.5, 0.6) is 5.75 Å². The summed E-state index contributed by atoms with van der Waals surface area (Å²) in [5.41, 5.74) is 3.55. The first-order valence-electron chi connectivity index (χ1n) is 8.66. The number of methoxy groups -OCH3 is 1. The van der Waals surface area contributed by atoms with Gasteiger partial charge < -0.3 is 4.74 Å². The van der Waals surface area contributed by atoms with Crippen LogP contribution < -0.4 is 10.1 Å². The third-order valence-electron chi connectivity index (χ3n) is 4.02. The highest BCUT2D eigenvalue weighted by Crippen LogP contribution is 2.28. The van der Waals surface area contributed by atoms with Crippen LogP contribution in [0.4, 0.5) is 5.13 Å². The van der Waals surface area contributed by atoms with Crippen molar-refractivity contribution in [3.63, 3.8) is 0 Å². The summed E-state index contributed by atoms with van der Waals surface area (Å²) in [4.78, 5) is 17.1. The second-order valence-corrected chi connectivity index (χ2v) is 7.93. The van der Waals surface area contributed by atoms with E-state index in [0.717, 1.165) is 17.7 Å². The summed E-state index contributed by atoms with van der Waals surface area (Å²) in [6, 6.07) is 13.3. The van der Waals surface area contributed by atoms with E-state index >= 15 is 0 Å². The maximum absolute atomic E-state index is 12.6. The lowest BCUT2D eigenvalue weighted by atomic mass is 10.0. The molecule has 3 aromatic rings. The van der Waals surface area contributed by atoms with Gasteiger partial charge in [-0.05, 0) is 36.1 Å². The Balaban J connectivity index is 1.74. The first-order chi connectivity index (χ1) is 13.0. The van der Waals surface area contributed by atoms with Crippen LogP contribution >= 0.6 is 22.9 Å². The number of thiazole rings is 1. The third-order valence-corrected chi connectivity index (χ3v) is 5.02. The molecule has 2 aromatic carbocycles. The van der Waals surface area contributed by atoms with Gasteiger partial charge >= 0.3 is 0 Å². The Morgan fingerprint density at radius 2 is 1.96 bits per heavy atom. The van der Waals surface area contributed by atoms with Gasteiger partial charge in [0.1, 0.15) is 5.75 Å². The summed E-state index contributed by atoms with van der Waals surface area (Å²) >= 11 is 7.38. The van der Waals surface area contributed by atoms with Crippen LogP contribution in [0.1, 0.15) is 29.8 Å². The second-order valence-electron chi connectivity index (χ2n) is 6.63. The third kappa shape index (κ3) is 4.87. The molecule has 1 amide bonds. The van der Waals surface area contributed by atoms with Crippen LogP contribution in [0, 0.1) is 5.92 Å². The van der Waals surface area contributed by atoms with Crippen molar-refractivity contribution in [1.82, 2.24) is 4.98 Å². The van der Waals surface area contributed by atoms with E-state index in [1.54, 1.807) is 18.2 Å². The molecule has 0 spiro atoms. The van der Waals surface area contributed by atoms with Gasteiger partial charge in [0.05, 0.1) is 18.4 Å². The number of aromatic nitrogens is 1. The number of anilines is 1. The van der Waals surface area contributed by atoms with Crippen LogP contribution in [0.3, 0.4) is 0 Å². The minimum absolute atomic E-state index is 0.303. The lowest BCUT2D eigenvalue weighted by Crippen LogP contribution is -2.13. The van der Waals surface area contributed by atoms with Gasteiger partial charge in [-0.15, -0.1) is 11.3 Å². The predicted molar refractivity (Wildman–Crippen MR) is 112 cm³/mol. The molecule has 4 nitrogen and oxygen atoms in total. The molecule has 0 saturated carbocycles. The summed E-state index contributed by atoms with van der Waals surface area (Å²) in [5, 5.41) is 5.76. The average Bonchev–Trinajstić information content (AvgIpc) is 3.10. The molecular weight excluding hydrogens is 380 g/mol. The fourth-order valence-corrected chi connectivity index (χ4v) is 3.66. The highest BCUT2D eigenvalue weighted by Gasteiger charge is 2.15. The molecule has 6 heteroatoms. The van der Waals surface area contributed by atoms with E-state index in [0.29, 0.717) is 27.4 Å². The zero-order valence-corrected chi connectivity index (χ0v) is 17.0. The van der Waals surface area contributed by atoms with Crippen molar-refractivity contribution < 1.29 is 9.53 Å². The molecule has 0 aliphatic carbocycles. The number of halogens is 1. The van der Waals surface area contributed by atoms with Crippen LogP contribution in [0.15, 0.2) is 47.8 Å². The maximum Gasteiger partial charge on any atom is 0.261 e. The molecule has 1 N–H and O–H groups in total. The SMILES string of the molecule is COc1ccc(Cl)cc1C(=O)Nc1nc(-c2ccc(CC(C)C)cc2)cs1. The number of benzene rings is 2. The Bertz CT molecular complexity index is 936. The Hall–Kier alpha value is -2.37. The Morgan fingerprint density at radius 1 is 1.22 bits per heavy atom. The van der Waals surface area contributed by atoms with E-state index in [2.05, 4.69) is 48.4 Å². The van der Waals surface area contributed by atoms with E-state index in [1.165, 1.54) is 24.0 Å². The molecule has 0 aliphatic rings. The molecule has 0 saturated heterocycles. The monoisotopic (exact) mass is 400 g/mol. The number of carbonyl (C=O) groups is 1. The minimum atomic E-state index is -0.303. The normalized spacial score (nSPS) is 10.9. The fourth-order valence-electron chi connectivity index (χ4n) is 2.77. The maximum atomic E-state index is 12.6. The molecule has 0 radical (unpaired) electrons. The van der Waals surface area contributed by atoms with Crippen LogP contribution in [0.25, 0.3) is 11.3 Å². The number of carbonyl (C=O) groups excluding carboxylic acids is 1. The quantitative estimate of drug-likeness (QED) is 0.558. The first-order valence-corrected chi connectivity index (χ1v) is 9.91. The van der Waals surface area contributed by atoms with E-state index < -0.39 is 0 Å². The number of nitrogens with zero attached hydrogens (tertiary/aromatic N) is 1. The molecule has 0 atom stereocenters. The molecule has 0 fully saturated rings. The number of hydrogen-bond acceptors (Lipinski definition) is 4. The summed E-state index contributed by atoms with van der Waals surface area (Å²) < 4.78 is 5.24. The zero-order valence-electron chi connectivity index (χ0n) is 15.5. The van der Waals surface area contributed by atoms with Crippen molar-refractivity contribution in [2.24, 2.45) is 5.92 Å². The van der Waals surface area contributed by atoms with E-state index in [4.69, 9.17) is 16.3 Å². The number of ether oxygens (including phenoxy) is 1. The lowest BCUT2D eigenvalue weighted by molar-refractivity contribution is 0.102. The molecule has 1 aromatic heterocycles. The number of hydrogen-bond donors (Lipinski definition) is 1. The topological polar surface area (TPSA) is 51.2 Å². The van der Waals surface area contributed by atoms with Gasteiger partial charge in [-0.1, -0.05) is 49.7 Å². The number of nitrogens with one attached hydrogen (secondary N) is 1. The molecular formula is C21H21ClN2O2S. The van der Waals surface area contributed by atoms with Gasteiger partial charge in [0.25, 0.3) is 5.91 Å². The molecule has 3 rings (SSSR count). The highest BCUT2D eigenvalue weighted by molar-refractivity contribution is 7.14. The van der Waals surface area contributed by atoms with Crippen molar-refractivity contribution in [1.29, 1.82) is 0 Å². The van der Waals surface area contributed by atoms with Gasteiger partial charge in [0.15, 0.2) is 5.13 Å². The molecule has 27 heavy (non-hydrogen) atoms. The smallest absolute Gasteiger partial charge is 0.261 e. The number of rotatable bonds is 6. The largest absolute Gasteiger partial charge is 0.496 e. The average molecular weight is 401 g/mol. The number of amides is 1. The van der Waals surface area contributed by atoms with Gasteiger partial charge in [0.2, 0.25) is 0 Å². The van der Waals surface area contributed by atoms with E-state index in [1.807, 2.05) is 5.38 Å². The Labute approximate surface area is 168 Å². The van der Waals surface area contributed by atoms with Gasteiger partial charge in [-0.2, -0.15) is 0 Å². The molecule has 0 aliphatic heterocycles. The standard InChI is InChI=1S/C21H21ClN2O2S/c1-13(2)10-14-4-6-15(7-5-14)18-12-27-21(23-18)24-20(25)17-11-16(22)8-9-19(17)26-3/h4-9,11-13H,10H2,1-3H3,(H,23,24,25). The molecule has 0 bridgehead atoms. The van der Waals surface area contributed by atoms with E-state index in [9.17, 15) is 4.79 Å². The lowest BCUT2D eigenvalue weighted by Gasteiger charge is -2.08. The summed E-state index contributed by atoms with van der Waals surface area (Å²) in [6.07, 6.45) is 1.06. The molecule has 0 unspecified atom stereocenters. The molecule has 1 heterocycles. The van der Waals surface area contributed by atoms with Crippen LogP contribution in [-0.2, 0) is 6.42 Å².